The van der Waals surface area contributed by atoms with E-state index in [0.29, 0.717) is 13.2 Å². The fourth-order valence-corrected chi connectivity index (χ4v) is 2.40. The topological polar surface area (TPSA) is 35.5 Å². The molecule has 0 saturated heterocycles. The van der Waals surface area contributed by atoms with E-state index in [-0.39, 0.29) is 11.0 Å². The maximum absolute atomic E-state index is 11.2. The van der Waals surface area contributed by atoms with Crippen molar-refractivity contribution in [1.82, 2.24) is 0 Å². The summed E-state index contributed by atoms with van der Waals surface area (Å²) in [5.41, 5.74) is 0. The molecular formula is C13H16O3S. The number of rotatable bonds is 3. The van der Waals surface area contributed by atoms with Crippen LogP contribution in [0.5, 0.6) is 11.5 Å². The summed E-state index contributed by atoms with van der Waals surface area (Å²) < 4.78 is 11.2. The molecule has 0 amide bonds. The van der Waals surface area contributed by atoms with Gasteiger partial charge in [-0.1, -0.05) is 0 Å². The summed E-state index contributed by atoms with van der Waals surface area (Å²) in [4.78, 5) is 12.3. The number of carbonyl (C=O) groups excluding carboxylic acids is 1. The summed E-state index contributed by atoms with van der Waals surface area (Å²) >= 11 is 1.55. The Bertz CT molecular complexity index is 417. The Balaban J connectivity index is 2.15. The molecule has 1 aromatic carbocycles. The van der Waals surface area contributed by atoms with Crippen LogP contribution in [-0.4, -0.2) is 24.2 Å². The van der Waals surface area contributed by atoms with Crippen LogP contribution in [-0.2, 0) is 4.79 Å². The molecule has 0 aliphatic carbocycles. The summed E-state index contributed by atoms with van der Waals surface area (Å²) in [7, 11) is 0. The molecular weight excluding hydrogens is 236 g/mol. The van der Waals surface area contributed by atoms with E-state index in [4.69, 9.17) is 9.47 Å². The highest BCUT2D eigenvalue weighted by molar-refractivity contribution is 8.00. The molecule has 1 aliphatic heterocycles. The van der Waals surface area contributed by atoms with E-state index in [9.17, 15) is 4.79 Å². The minimum absolute atomic E-state index is 0.0280. The third kappa shape index (κ3) is 3.16. The van der Waals surface area contributed by atoms with Crippen molar-refractivity contribution in [3.05, 3.63) is 18.2 Å². The van der Waals surface area contributed by atoms with Crippen molar-refractivity contribution < 1.29 is 14.3 Å². The number of Topliss-reactive ketones (excluding diaryl/α,β-unsaturated/α-hetero) is 1. The molecule has 0 fully saturated rings. The Morgan fingerprint density at radius 1 is 1.29 bits per heavy atom. The molecule has 0 unspecified atom stereocenters. The van der Waals surface area contributed by atoms with E-state index in [1.807, 2.05) is 25.1 Å². The van der Waals surface area contributed by atoms with E-state index in [1.165, 1.54) is 0 Å². The second-order valence-corrected chi connectivity index (χ2v) is 5.44. The average molecular weight is 252 g/mol. The van der Waals surface area contributed by atoms with Gasteiger partial charge in [0, 0.05) is 11.3 Å². The zero-order valence-corrected chi connectivity index (χ0v) is 10.9. The summed E-state index contributed by atoms with van der Waals surface area (Å²) in [6, 6.07) is 5.83. The molecule has 1 atom stereocenters. The minimum atomic E-state index is -0.0280. The zero-order chi connectivity index (χ0) is 12.3. The van der Waals surface area contributed by atoms with Crippen molar-refractivity contribution in [1.29, 1.82) is 0 Å². The first-order chi connectivity index (χ1) is 8.16. The Morgan fingerprint density at radius 2 is 2.00 bits per heavy atom. The lowest BCUT2D eigenvalue weighted by Gasteiger charge is -2.11. The molecule has 1 aliphatic rings. The first-order valence-corrected chi connectivity index (χ1v) is 6.61. The third-order valence-electron chi connectivity index (χ3n) is 2.60. The van der Waals surface area contributed by atoms with Crippen LogP contribution in [0.2, 0.25) is 0 Å². The van der Waals surface area contributed by atoms with Crippen LogP contribution in [0, 0.1) is 0 Å². The number of thioether (sulfide) groups is 1. The smallest absolute Gasteiger partial charge is 0.162 e. The Labute approximate surface area is 105 Å². The van der Waals surface area contributed by atoms with Crippen LogP contribution < -0.4 is 9.47 Å². The minimum Gasteiger partial charge on any atom is -0.490 e. The number of carbonyl (C=O) groups is 1. The monoisotopic (exact) mass is 252 g/mol. The second-order valence-electron chi connectivity index (χ2n) is 4.03. The van der Waals surface area contributed by atoms with Crippen molar-refractivity contribution >= 4 is 17.5 Å². The molecule has 0 N–H and O–H groups in total. The van der Waals surface area contributed by atoms with Crippen molar-refractivity contribution in [2.45, 2.75) is 30.4 Å². The first-order valence-electron chi connectivity index (χ1n) is 5.73. The summed E-state index contributed by atoms with van der Waals surface area (Å²) in [6.45, 7) is 4.91. The van der Waals surface area contributed by atoms with Crippen LogP contribution in [0.15, 0.2) is 23.1 Å². The van der Waals surface area contributed by atoms with Crippen molar-refractivity contribution in [3.8, 4) is 11.5 Å². The van der Waals surface area contributed by atoms with Gasteiger partial charge in [0.25, 0.3) is 0 Å². The van der Waals surface area contributed by atoms with Crippen molar-refractivity contribution in [2.24, 2.45) is 0 Å². The second kappa shape index (κ2) is 5.45. The molecule has 17 heavy (non-hydrogen) atoms. The van der Waals surface area contributed by atoms with Crippen LogP contribution >= 0.6 is 11.8 Å². The highest BCUT2D eigenvalue weighted by atomic mass is 32.2. The number of benzene rings is 1. The molecule has 0 saturated carbocycles. The van der Waals surface area contributed by atoms with Gasteiger partial charge in [-0.2, -0.15) is 0 Å². The van der Waals surface area contributed by atoms with Crippen LogP contribution in [0.25, 0.3) is 0 Å². The molecule has 0 radical (unpaired) electrons. The number of ketones is 1. The largest absolute Gasteiger partial charge is 0.490 e. The van der Waals surface area contributed by atoms with E-state index in [0.717, 1.165) is 22.8 Å². The first kappa shape index (κ1) is 12.3. The molecule has 0 spiro atoms. The van der Waals surface area contributed by atoms with Gasteiger partial charge in [0.05, 0.1) is 18.5 Å². The van der Waals surface area contributed by atoms with Gasteiger partial charge in [-0.3, -0.25) is 4.79 Å². The van der Waals surface area contributed by atoms with Gasteiger partial charge in [-0.05, 0) is 32.0 Å². The van der Waals surface area contributed by atoms with Crippen LogP contribution in [0.1, 0.15) is 20.3 Å². The maximum Gasteiger partial charge on any atom is 0.162 e. The van der Waals surface area contributed by atoms with Gasteiger partial charge < -0.3 is 9.47 Å². The lowest BCUT2D eigenvalue weighted by Crippen LogP contribution is -2.07. The molecule has 92 valence electrons. The van der Waals surface area contributed by atoms with Gasteiger partial charge in [-0.25, -0.2) is 0 Å². The zero-order valence-electron chi connectivity index (χ0n) is 10.1. The van der Waals surface area contributed by atoms with Gasteiger partial charge in [-0.15, -0.1) is 11.8 Å². The molecule has 1 heterocycles. The van der Waals surface area contributed by atoms with E-state index in [1.54, 1.807) is 18.7 Å². The Hall–Kier alpha value is -1.16. The molecule has 2 rings (SSSR count). The van der Waals surface area contributed by atoms with Gasteiger partial charge in [0.2, 0.25) is 0 Å². The van der Waals surface area contributed by atoms with Gasteiger partial charge in [0.1, 0.15) is 5.78 Å². The third-order valence-corrected chi connectivity index (χ3v) is 3.82. The van der Waals surface area contributed by atoms with Crippen molar-refractivity contribution in [3.63, 3.8) is 0 Å². The fourth-order valence-electron chi connectivity index (χ4n) is 1.50. The molecule has 3 nitrogen and oxygen atoms in total. The number of fused-ring (bicyclic) bond motifs is 1. The predicted molar refractivity (Wildman–Crippen MR) is 68.0 cm³/mol. The molecule has 0 bridgehead atoms. The standard InChI is InChI=1S/C13H16O3S/c1-9(14)10(2)17-11-4-5-12-13(8-11)16-7-3-6-15-12/h4-5,8,10H,3,6-7H2,1-2H3/t10-/m1/s1. The lowest BCUT2D eigenvalue weighted by molar-refractivity contribution is -0.116. The number of ether oxygens (including phenoxy) is 2. The predicted octanol–water partition coefficient (Wildman–Crippen LogP) is 2.92. The van der Waals surface area contributed by atoms with Crippen LogP contribution in [0.3, 0.4) is 0 Å². The van der Waals surface area contributed by atoms with E-state index < -0.39 is 0 Å². The highest BCUT2D eigenvalue weighted by Gasteiger charge is 2.14. The highest BCUT2D eigenvalue weighted by Crippen LogP contribution is 2.35. The normalized spacial score (nSPS) is 16.1. The van der Waals surface area contributed by atoms with Gasteiger partial charge >= 0.3 is 0 Å². The van der Waals surface area contributed by atoms with Gasteiger partial charge in [0.15, 0.2) is 11.5 Å². The quantitative estimate of drug-likeness (QED) is 0.775. The molecule has 0 aromatic heterocycles. The lowest BCUT2D eigenvalue weighted by atomic mass is 10.3. The van der Waals surface area contributed by atoms with E-state index in [2.05, 4.69) is 0 Å². The Kier molecular flexibility index (Phi) is 3.94. The molecule has 4 heteroatoms. The fraction of sp³-hybridized carbons (Fsp3) is 0.462. The molecule has 1 aromatic rings. The van der Waals surface area contributed by atoms with E-state index >= 15 is 0 Å². The SMILES string of the molecule is CC(=O)[C@@H](C)Sc1ccc2c(c1)OCCCO2. The summed E-state index contributed by atoms with van der Waals surface area (Å²) in [5.74, 6) is 1.76. The summed E-state index contributed by atoms with van der Waals surface area (Å²) in [5, 5.41) is -0.0280. The number of hydrogen-bond acceptors (Lipinski definition) is 4. The summed E-state index contributed by atoms with van der Waals surface area (Å²) in [6.07, 6.45) is 0.904. The average Bonchev–Trinajstić information content (AvgIpc) is 2.53. The maximum atomic E-state index is 11.2. The van der Waals surface area contributed by atoms with Crippen molar-refractivity contribution in [2.75, 3.05) is 13.2 Å². The Morgan fingerprint density at radius 3 is 2.71 bits per heavy atom. The van der Waals surface area contributed by atoms with Crippen LogP contribution in [0.4, 0.5) is 0 Å². The number of hydrogen-bond donors (Lipinski definition) is 0.